The SMILES string of the molecule is CCN(C)C(=O)CNc1nc2cc(C)ccc2s1. The van der Waals surface area contributed by atoms with E-state index in [4.69, 9.17) is 0 Å². The highest BCUT2D eigenvalue weighted by Gasteiger charge is 2.08. The number of likely N-dealkylation sites (N-methyl/N-ethyl adjacent to an activating group) is 1. The number of aryl methyl sites for hydroxylation is 1. The second-order valence-electron chi connectivity index (χ2n) is 4.25. The number of benzene rings is 1. The van der Waals surface area contributed by atoms with Crippen molar-refractivity contribution in [3.8, 4) is 0 Å². The van der Waals surface area contributed by atoms with Crippen molar-refractivity contribution >= 4 is 32.6 Å². The van der Waals surface area contributed by atoms with Crippen LogP contribution in [0, 0.1) is 6.92 Å². The molecule has 0 aliphatic heterocycles. The van der Waals surface area contributed by atoms with Gasteiger partial charge in [0.15, 0.2) is 5.13 Å². The van der Waals surface area contributed by atoms with Crippen LogP contribution in [0.2, 0.25) is 0 Å². The van der Waals surface area contributed by atoms with Crippen LogP contribution in [0.4, 0.5) is 5.13 Å². The lowest BCUT2D eigenvalue weighted by Crippen LogP contribution is -2.31. The standard InChI is InChI=1S/C13H17N3OS/c1-4-16(3)12(17)8-14-13-15-10-7-9(2)5-6-11(10)18-13/h5-7H,4,8H2,1-3H3,(H,14,15). The van der Waals surface area contributed by atoms with Crippen LogP contribution < -0.4 is 5.32 Å². The quantitative estimate of drug-likeness (QED) is 0.921. The predicted molar refractivity (Wildman–Crippen MR) is 76.2 cm³/mol. The lowest BCUT2D eigenvalue weighted by Gasteiger charge is -2.14. The highest BCUT2D eigenvalue weighted by molar-refractivity contribution is 7.22. The van der Waals surface area contributed by atoms with E-state index >= 15 is 0 Å². The third kappa shape index (κ3) is 2.79. The van der Waals surface area contributed by atoms with E-state index in [0.717, 1.165) is 21.9 Å². The summed E-state index contributed by atoms with van der Waals surface area (Å²) in [7, 11) is 1.80. The molecule has 0 aliphatic carbocycles. The lowest BCUT2D eigenvalue weighted by atomic mass is 10.2. The first-order valence-electron chi connectivity index (χ1n) is 5.95. The van der Waals surface area contributed by atoms with Gasteiger partial charge in [-0.25, -0.2) is 4.98 Å². The number of fused-ring (bicyclic) bond motifs is 1. The van der Waals surface area contributed by atoms with E-state index < -0.39 is 0 Å². The molecule has 0 atom stereocenters. The van der Waals surface area contributed by atoms with Gasteiger partial charge in [0, 0.05) is 13.6 Å². The fourth-order valence-electron chi connectivity index (χ4n) is 1.58. The Labute approximate surface area is 111 Å². The number of carbonyl (C=O) groups is 1. The minimum Gasteiger partial charge on any atom is -0.352 e. The van der Waals surface area contributed by atoms with Crippen molar-refractivity contribution < 1.29 is 4.79 Å². The summed E-state index contributed by atoms with van der Waals surface area (Å²) < 4.78 is 1.14. The molecule has 1 amide bonds. The maximum absolute atomic E-state index is 11.7. The summed E-state index contributed by atoms with van der Waals surface area (Å²) in [5.41, 5.74) is 2.18. The smallest absolute Gasteiger partial charge is 0.241 e. The molecule has 4 nitrogen and oxygen atoms in total. The van der Waals surface area contributed by atoms with Gasteiger partial charge in [-0.3, -0.25) is 4.79 Å². The molecule has 0 saturated carbocycles. The molecule has 18 heavy (non-hydrogen) atoms. The average molecular weight is 263 g/mol. The van der Waals surface area contributed by atoms with Crippen molar-refractivity contribution in [2.24, 2.45) is 0 Å². The highest BCUT2D eigenvalue weighted by Crippen LogP contribution is 2.26. The van der Waals surface area contributed by atoms with E-state index in [1.165, 1.54) is 5.56 Å². The van der Waals surface area contributed by atoms with Crippen LogP contribution >= 0.6 is 11.3 Å². The molecule has 1 heterocycles. The van der Waals surface area contributed by atoms with Gasteiger partial charge in [0.2, 0.25) is 5.91 Å². The van der Waals surface area contributed by atoms with Crippen molar-refractivity contribution in [2.75, 3.05) is 25.5 Å². The van der Waals surface area contributed by atoms with Crippen LogP contribution in [-0.4, -0.2) is 35.9 Å². The first kappa shape index (κ1) is 12.8. The Balaban J connectivity index is 2.06. The van der Waals surface area contributed by atoms with E-state index in [-0.39, 0.29) is 5.91 Å². The topological polar surface area (TPSA) is 45.2 Å². The Kier molecular flexibility index (Phi) is 3.81. The summed E-state index contributed by atoms with van der Waals surface area (Å²) in [6.07, 6.45) is 0. The van der Waals surface area contributed by atoms with Gasteiger partial charge < -0.3 is 10.2 Å². The van der Waals surface area contributed by atoms with Crippen molar-refractivity contribution in [2.45, 2.75) is 13.8 Å². The van der Waals surface area contributed by atoms with E-state index in [0.29, 0.717) is 6.54 Å². The van der Waals surface area contributed by atoms with Gasteiger partial charge in [0.25, 0.3) is 0 Å². The zero-order valence-electron chi connectivity index (χ0n) is 10.9. The van der Waals surface area contributed by atoms with Crippen molar-refractivity contribution in [1.29, 1.82) is 0 Å². The zero-order valence-corrected chi connectivity index (χ0v) is 11.7. The van der Waals surface area contributed by atoms with Crippen molar-refractivity contribution in [3.05, 3.63) is 23.8 Å². The third-order valence-corrected chi connectivity index (χ3v) is 3.83. The number of amides is 1. The molecule has 1 aromatic carbocycles. The predicted octanol–water partition coefficient (Wildman–Crippen LogP) is 2.49. The number of hydrogen-bond donors (Lipinski definition) is 1. The van der Waals surface area contributed by atoms with E-state index in [1.807, 2.05) is 13.8 Å². The normalized spacial score (nSPS) is 10.6. The number of rotatable bonds is 4. The average Bonchev–Trinajstić information content (AvgIpc) is 2.76. The molecular formula is C13H17N3OS. The summed E-state index contributed by atoms with van der Waals surface area (Å²) in [5.74, 6) is 0.0768. The first-order valence-corrected chi connectivity index (χ1v) is 6.77. The molecule has 0 bridgehead atoms. The van der Waals surface area contributed by atoms with Gasteiger partial charge in [0.05, 0.1) is 16.8 Å². The third-order valence-electron chi connectivity index (χ3n) is 2.83. The van der Waals surface area contributed by atoms with E-state index in [2.05, 4.69) is 28.5 Å². The molecule has 0 spiro atoms. The molecular weight excluding hydrogens is 246 g/mol. The first-order chi connectivity index (χ1) is 8.60. The molecule has 2 aromatic rings. The van der Waals surface area contributed by atoms with Gasteiger partial charge in [0.1, 0.15) is 0 Å². The Morgan fingerprint density at radius 3 is 3.00 bits per heavy atom. The number of hydrogen-bond acceptors (Lipinski definition) is 4. The highest BCUT2D eigenvalue weighted by atomic mass is 32.1. The van der Waals surface area contributed by atoms with Gasteiger partial charge in [-0.1, -0.05) is 17.4 Å². The van der Waals surface area contributed by atoms with Gasteiger partial charge in [-0.15, -0.1) is 0 Å². The Morgan fingerprint density at radius 1 is 1.50 bits per heavy atom. The fourth-order valence-corrected chi connectivity index (χ4v) is 2.42. The minimum atomic E-state index is 0.0768. The summed E-state index contributed by atoms with van der Waals surface area (Å²) >= 11 is 1.57. The molecule has 1 N–H and O–H groups in total. The van der Waals surface area contributed by atoms with E-state index in [9.17, 15) is 4.79 Å². The Morgan fingerprint density at radius 2 is 2.28 bits per heavy atom. The molecule has 5 heteroatoms. The summed E-state index contributed by atoms with van der Waals surface area (Å²) in [5, 5.41) is 3.88. The number of aromatic nitrogens is 1. The second-order valence-corrected chi connectivity index (χ2v) is 5.28. The largest absolute Gasteiger partial charge is 0.352 e. The molecule has 1 aromatic heterocycles. The molecule has 0 radical (unpaired) electrons. The minimum absolute atomic E-state index is 0.0768. The van der Waals surface area contributed by atoms with Gasteiger partial charge >= 0.3 is 0 Å². The summed E-state index contributed by atoms with van der Waals surface area (Å²) in [6, 6.07) is 6.19. The maximum atomic E-state index is 11.7. The summed E-state index contributed by atoms with van der Waals surface area (Å²) in [6.45, 7) is 5.02. The molecule has 0 fully saturated rings. The number of thiazole rings is 1. The van der Waals surface area contributed by atoms with Crippen LogP contribution in [0.25, 0.3) is 10.2 Å². The van der Waals surface area contributed by atoms with Crippen molar-refractivity contribution in [1.82, 2.24) is 9.88 Å². The van der Waals surface area contributed by atoms with Crippen LogP contribution in [0.5, 0.6) is 0 Å². The number of nitrogens with one attached hydrogen (secondary N) is 1. The Bertz CT molecular complexity index is 564. The van der Waals surface area contributed by atoms with Gasteiger partial charge in [-0.05, 0) is 31.5 Å². The molecule has 0 unspecified atom stereocenters. The number of carbonyl (C=O) groups excluding carboxylic acids is 1. The van der Waals surface area contributed by atoms with Crippen LogP contribution in [0.15, 0.2) is 18.2 Å². The lowest BCUT2D eigenvalue weighted by molar-refractivity contribution is -0.127. The molecule has 0 aliphatic rings. The molecule has 96 valence electrons. The summed E-state index contributed by atoms with van der Waals surface area (Å²) in [4.78, 5) is 17.8. The van der Waals surface area contributed by atoms with Crippen LogP contribution in [0.3, 0.4) is 0 Å². The monoisotopic (exact) mass is 263 g/mol. The van der Waals surface area contributed by atoms with Crippen LogP contribution in [-0.2, 0) is 4.79 Å². The van der Waals surface area contributed by atoms with E-state index in [1.54, 1.807) is 23.3 Å². The fraction of sp³-hybridized carbons (Fsp3) is 0.385. The van der Waals surface area contributed by atoms with Crippen LogP contribution in [0.1, 0.15) is 12.5 Å². The number of anilines is 1. The molecule has 0 saturated heterocycles. The number of nitrogens with zero attached hydrogens (tertiary/aromatic N) is 2. The maximum Gasteiger partial charge on any atom is 0.241 e. The molecule has 2 rings (SSSR count). The zero-order chi connectivity index (χ0) is 13.1. The van der Waals surface area contributed by atoms with Gasteiger partial charge in [-0.2, -0.15) is 0 Å². The Hall–Kier alpha value is -1.62. The van der Waals surface area contributed by atoms with Crippen molar-refractivity contribution in [3.63, 3.8) is 0 Å². The second kappa shape index (κ2) is 5.35.